The summed E-state index contributed by atoms with van der Waals surface area (Å²) in [7, 11) is 0. The van der Waals surface area contributed by atoms with Crippen LogP contribution in [0.1, 0.15) is 18.9 Å². The van der Waals surface area contributed by atoms with Gasteiger partial charge in [-0.05, 0) is 24.1 Å². The number of pyridine rings is 1. The molecule has 0 fully saturated rings. The van der Waals surface area contributed by atoms with Crippen molar-refractivity contribution < 1.29 is 0 Å². The van der Waals surface area contributed by atoms with Gasteiger partial charge in [0.1, 0.15) is 0 Å². The summed E-state index contributed by atoms with van der Waals surface area (Å²) in [6, 6.07) is 14.2. The van der Waals surface area contributed by atoms with Crippen molar-refractivity contribution in [1.82, 2.24) is 4.98 Å². The molecule has 0 saturated carbocycles. The number of nitrogen functional groups attached to an aromatic ring is 1. The highest BCUT2D eigenvalue weighted by Gasteiger charge is 2.10. The third-order valence-corrected chi connectivity index (χ3v) is 2.83. The number of nitrogens with two attached hydrogens (primary N) is 1. The molecule has 1 aromatic carbocycles. The maximum Gasteiger partial charge on any atom is 0.152 e. The van der Waals surface area contributed by atoms with Gasteiger partial charge in [-0.25, -0.2) is 4.98 Å². The van der Waals surface area contributed by atoms with Crippen molar-refractivity contribution >= 4 is 11.5 Å². The van der Waals surface area contributed by atoms with Crippen molar-refractivity contribution in [3.8, 4) is 0 Å². The van der Waals surface area contributed by atoms with Crippen LogP contribution in [0.3, 0.4) is 0 Å². The van der Waals surface area contributed by atoms with Crippen molar-refractivity contribution in [3.05, 3.63) is 54.2 Å². The van der Waals surface area contributed by atoms with Gasteiger partial charge in [0.05, 0.1) is 5.69 Å². The van der Waals surface area contributed by atoms with Crippen LogP contribution in [0.2, 0.25) is 0 Å². The molecule has 0 radical (unpaired) electrons. The molecule has 18 heavy (non-hydrogen) atoms. The second-order valence-corrected chi connectivity index (χ2v) is 4.32. The van der Waals surface area contributed by atoms with Crippen molar-refractivity contribution in [2.45, 2.75) is 19.9 Å². The van der Waals surface area contributed by atoms with Gasteiger partial charge in [-0.15, -0.1) is 0 Å². The molecular formula is C15H19N3. The summed E-state index contributed by atoms with van der Waals surface area (Å²) in [5.74, 6) is 0.878. The Hall–Kier alpha value is -2.03. The molecule has 0 amide bonds. The minimum absolute atomic E-state index is 0.738. The third kappa shape index (κ3) is 3.00. The first-order valence-electron chi connectivity index (χ1n) is 6.30. The summed E-state index contributed by atoms with van der Waals surface area (Å²) in [5.41, 5.74) is 8.01. The fraction of sp³-hybridized carbons (Fsp3) is 0.267. The molecule has 2 aromatic rings. The summed E-state index contributed by atoms with van der Waals surface area (Å²) < 4.78 is 0. The summed E-state index contributed by atoms with van der Waals surface area (Å²) in [5, 5.41) is 0. The first-order chi connectivity index (χ1) is 8.81. The van der Waals surface area contributed by atoms with Crippen LogP contribution < -0.4 is 10.6 Å². The Bertz CT molecular complexity index is 482. The topological polar surface area (TPSA) is 42.2 Å². The Balaban J connectivity index is 2.21. The summed E-state index contributed by atoms with van der Waals surface area (Å²) >= 11 is 0. The van der Waals surface area contributed by atoms with Crippen molar-refractivity contribution in [3.63, 3.8) is 0 Å². The number of aromatic nitrogens is 1. The Morgan fingerprint density at radius 2 is 1.89 bits per heavy atom. The SMILES string of the molecule is CCCN(Cc1ccccc1)c1ncccc1N. The van der Waals surface area contributed by atoms with Crippen LogP contribution in [0, 0.1) is 0 Å². The van der Waals surface area contributed by atoms with E-state index >= 15 is 0 Å². The lowest BCUT2D eigenvalue weighted by Crippen LogP contribution is -2.25. The molecule has 0 unspecified atom stereocenters. The van der Waals surface area contributed by atoms with Gasteiger partial charge in [-0.3, -0.25) is 0 Å². The second-order valence-electron chi connectivity index (χ2n) is 4.32. The summed E-state index contributed by atoms with van der Waals surface area (Å²) in [4.78, 5) is 6.62. The van der Waals surface area contributed by atoms with E-state index in [9.17, 15) is 0 Å². The van der Waals surface area contributed by atoms with E-state index in [1.807, 2.05) is 18.2 Å². The molecule has 2 N–H and O–H groups in total. The molecule has 0 aliphatic rings. The van der Waals surface area contributed by atoms with Crippen LogP contribution in [-0.4, -0.2) is 11.5 Å². The average molecular weight is 241 g/mol. The van der Waals surface area contributed by atoms with Gasteiger partial charge in [-0.1, -0.05) is 37.3 Å². The van der Waals surface area contributed by atoms with E-state index in [2.05, 4.69) is 41.1 Å². The zero-order valence-corrected chi connectivity index (χ0v) is 10.7. The molecule has 0 aliphatic heterocycles. The van der Waals surface area contributed by atoms with Crippen LogP contribution in [0.4, 0.5) is 11.5 Å². The molecular weight excluding hydrogens is 222 g/mol. The lowest BCUT2D eigenvalue weighted by atomic mass is 10.2. The van der Waals surface area contributed by atoms with Gasteiger partial charge in [0.15, 0.2) is 5.82 Å². The number of benzene rings is 1. The van der Waals surface area contributed by atoms with Crippen LogP contribution in [-0.2, 0) is 6.54 Å². The largest absolute Gasteiger partial charge is 0.396 e. The molecule has 3 nitrogen and oxygen atoms in total. The number of anilines is 2. The molecule has 0 aliphatic carbocycles. The highest BCUT2D eigenvalue weighted by Crippen LogP contribution is 2.21. The minimum Gasteiger partial charge on any atom is -0.396 e. The van der Waals surface area contributed by atoms with Gasteiger partial charge in [0.25, 0.3) is 0 Å². The maximum absolute atomic E-state index is 6.00. The Kier molecular flexibility index (Phi) is 4.18. The zero-order valence-electron chi connectivity index (χ0n) is 10.7. The van der Waals surface area contributed by atoms with E-state index in [1.165, 1.54) is 5.56 Å². The van der Waals surface area contributed by atoms with E-state index in [1.54, 1.807) is 6.20 Å². The normalized spacial score (nSPS) is 10.3. The van der Waals surface area contributed by atoms with Crippen LogP contribution in [0.25, 0.3) is 0 Å². The number of hydrogen-bond acceptors (Lipinski definition) is 3. The van der Waals surface area contributed by atoms with Crippen LogP contribution in [0.15, 0.2) is 48.7 Å². The second kappa shape index (κ2) is 6.05. The van der Waals surface area contributed by atoms with Crippen LogP contribution >= 0.6 is 0 Å². The highest BCUT2D eigenvalue weighted by molar-refractivity contribution is 5.62. The molecule has 1 aromatic heterocycles. The molecule has 0 spiro atoms. The van der Waals surface area contributed by atoms with Gasteiger partial charge < -0.3 is 10.6 Å². The lowest BCUT2D eigenvalue weighted by Gasteiger charge is -2.24. The maximum atomic E-state index is 6.00. The van der Waals surface area contributed by atoms with Crippen LogP contribution in [0.5, 0.6) is 0 Å². The number of rotatable bonds is 5. The van der Waals surface area contributed by atoms with E-state index < -0.39 is 0 Å². The Morgan fingerprint density at radius 3 is 2.56 bits per heavy atom. The third-order valence-electron chi connectivity index (χ3n) is 2.83. The zero-order chi connectivity index (χ0) is 12.8. The van der Waals surface area contributed by atoms with E-state index in [0.29, 0.717) is 0 Å². The monoisotopic (exact) mass is 241 g/mol. The molecule has 0 bridgehead atoms. The standard InChI is InChI=1S/C15H19N3/c1-2-11-18(12-13-7-4-3-5-8-13)15-14(16)9-6-10-17-15/h3-10H,2,11-12,16H2,1H3. The number of hydrogen-bond donors (Lipinski definition) is 1. The first kappa shape index (κ1) is 12.4. The quantitative estimate of drug-likeness (QED) is 0.874. The predicted octanol–water partition coefficient (Wildman–Crippen LogP) is 3.08. The molecule has 0 saturated heterocycles. The number of nitrogens with zero attached hydrogens (tertiary/aromatic N) is 2. The highest BCUT2D eigenvalue weighted by atomic mass is 15.2. The minimum atomic E-state index is 0.738. The molecule has 1 heterocycles. The molecule has 94 valence electrons. The predicted molar refractivity (Wildman–Crippen MR) is 76.4 cm³/mol. The van der Waals surface area contributed by atoms with E-state index in [0.717, 1.165) is 31.0 Å². The fourth-order valence-corrected chi connectivity index (χ4v) is 2.01. The first-order valence-corrected chi connectivity index (χ1v) is 6.30. The van der Waals surface area contributed by atoms with Gasteiger partial charge >= 0.3 is 0 Å². The van der Waals surface area contributed by atoms with E-state index in [4.69, 9.17) is 5.73 Å². The molecule has 3 heteroatoms. The fourth-order valence-electron chi connectivity index (χ4n) is 2.01. The lowest BCUT2D eigenvalue weighted by molar-refractivity contribution is 0.756. The van der Waals surface area contributed by atoms with Crippen molar-refractivity contribution in [1.29, 1.82) is 0 Å². The summed E-state index contributed by atoms with van der Waals surface area (Å²) in [6.07, 6.45) is 2.86. The van der Waals surface area contributed by atoms with Gasteiger partial charge in [0, 0.05) is 19.3 Å². The van der Waals surface area contributed by atoms with Gasteiger partial charge in [0.2, 0.25) is 0 Å². The summed E-state index contributed by atoms with van der Waals surface area (Å²) in [6.45, 7) is 3.96. The van der Waals surface area contributed by atoms with Gasteiger partial charge in [-0.2, -0.15) is 0 Å². The van der Waals surface area contributed by atoms with Crippen molar-refractivity contribution in [2.75, 3.05) is 17.2 Å². The smallest absolute Gasteiger partial charge is 0.152 e. The Labute approximate surface area is 108 Å². The molecule has 2 rings (SSSR count). The Morgan fingerprint density at radius 1 is 1.11 bits per heavy atom. The van der Waals surface area contributed by atoms with Crippen molar-refractivity contribution in [2.24, 2.45) is 0 Å². The average Bonchev–Trinajstić information content (AvgIpc) is 2.40. The van der Waals surface area contributed by atoms with E-state index in [-0.39, 0.29) is 0 Å². The molecule has 0 atom stereocenters.